The second-order valence-corrected chi connectivity index (χ2v) is 5.28. The Hall–Kier alpha value is -2.94. The van der Waals surface area contributed by atoms with Gasteiger partial charge in [0.1, 0.15) is 6.54 Å². The van der Waals surface area contributed by atoms with Crippen molar-refractivity contribution in [1.82, 2.24) is 9.55 Å². The van der Waals surface area contributed by atoms with E-state index in [2.05, 4.69) is 69.0 Å². The van der Waals surface area contributed by atoms with Crippen LogP contribution in [0.3, 0.4) is 0 Å². The third-order valence-corrected chi connectivity index (χ3v) is 3.80. The summed E-state index contributed by atoms with van der Waals surface area (Å²) < 4.78 is 4.40. The smallest absolute Gasteiger partial charge is 0.225 e. The number of para-hydroxylation sites is 2. The summed E-state index contributed by atoms with van der Waals surface area (Å²) in [4.78, 5) is 4.47. The van der Waals surface area contributed by atoms with Gasteiger partial charge in [0.25, 0.3) is 6.33 Å². The highest BCUT2D eigenvalue weighted by atomic mass is 15.2. The van der Waals surface area contributed by atoms with E-state index in [-0.39, 0.29) is 0 Å². The Balaban J connectivity index is 1.86. The highest BCUT2D eigenvalue weighted by Gasteiger charge is 2.17. The van der Waals surface area contributed by atoms with Crippen molar-refractivity contribution in [2.45, 2.75) is 6.54 Å². The Bertz CT molecular complexity index is 896. The fourth-order valence-electron chi connectivity index (χ4n) is 2.76. The van der Waals surface area contributed by atoms with Gasteiger partial charge in [-0.05, 0) is 23.8 Å². The van der Waals surface area contributed by atoms with E-state index in [0.29, 0.717) is 0 Å². The fraction of sp³-hybridized carbons (Fsp3) is 0.0526. The van der Waals surface area contributed by atoms with Crippen LogP contribution in [0.4, 0.5) is 0 Å². The molecule has 0 atom stereocenters. The number of imidazole rings is 1. The van der Waals surface area contributed by atoms with Crippen molar-refractivity contribution in [3.63, 3.8) is 0 Å². The summed E-state index contributed by atoms with van der Waals surface area (Å²) in [7, 11) is 0. The summed E-state index contributed by atoms with van der Waals surface area (Å²) >= 11 is 0. The molecule has 4 rings (SSSR count). The molecular formula is C19H16N3+. The van der Waals surface area contributed by atoms with E-state index >= 15 is 0 Å². The van der Waals surface area contributed by atoms with Crippen LogP contribution >= 0.6 is 0 Å². The van der Waals surface area contributed by atoms with Gasteiger partial charge in [-0.2, -0.15) is 4.57 Å². The van der Waals surface area contributed by atoms with Crippen LogP contribution in [0.2, 0.25) is 0 Å². The van der Waals surface area contributed by atoms with Crippen LogP contribution in [0.25, 0.3) is 16.9 Å². The van der Waals surface area contributed by atoms with Crippen molar-refractivity contribution < 1.29 is 4.57 Å². The van der Waals surface area contributed by atoms with Gasteiger partial charge in [-0.15, -0.1) is 0 Å². The maximum atomic E-state index is 4.47. The predicted molar refractivity (Wildman–Crippen MR) is 86.8 cm³/mol. The number of fused-ring (bicyclic) bond motifs is 1. The van der Waals surface area contributed by atoms with Crippen molar-refractivity contribution in [2.75, 3.05) is 0 Å². The molecule has 3 nitrogen and oxygen atoms in total. The van der Waals surface area contributed by atoms with Gasteiger partial charge < -0.3 is 0 Å². The molecule has 0 spiro atoms. The first kappa shape index (κ1) is 12.8. The molecule has 0 aliphatic carbocycles. The molecule has 0 N–H and O–H groups in total. The topological polar surface area (TPSA) is 21.7 Å². The van der Waals surface area contributed by atoms with Crippen molar-refractivity contribution in [2.24, 2.45) is 0 Å². The summed E-state index contributed by atoms with van der Waals surface area (Å²) in [6.07, 6.45) is 3.95. The van der Waals surface area contributed by atoms with Gasteiger partial charge in [0.15, 0.2) is 11.0 Å². The van der Waals surface area contributed by atoms with Crippen LogP contribution in [0.15, 0.2) is 85.3 Å². The van der Waals surface area contributed by atoms with E-state index in [1.165, 1.54) is 11.1 Å². The van der Waals surface area contributed by atoms with Crippen molar-refractivity contribution in [1.29, 1.82) is 0 Å². The third-order valence-electron chi connectivity index (χ3n) is 3.80. The van der Waals surface area contributed by atoms with Gasteiger partial charge in [0.2, 0.25) is 5.82 Å². The molecule has 4 aromatic rings. The van der Waals surface area contributed by atoms with Gasteiger partial charge in [-0.25, -0.2) is 9.55 Å². The minimum atomic E-state index is 0.848. The third kappa shape index (κ3) is 2.27. The molecule has 3 heteroatoms. The van der Waals surface area contributed by atoms with E-state index in [4.69, 9.17) is 0 Å². The molecule has 0 bridgehead atoms. The first-order valence-corrected chi connectivity index (χ1v) is 7.37. The average Bonchev–Trinajstić information content (AvgIpc) is 2.96. The van der Waals surface area contributed by atoms with Crippen LogP contribution in [0.5, 0.6) is 0 Å². The molecule has 0 saturated heterocycles. The van der Waals surface area contributed by atoms with Crippen molar-refractivity contribution >= 4 is 11.0 Å². The Morgan fingerprint density at radius 2 is 1.59 bits per heavy atom. The molecule has 0 amide bonds. The number of aromatic nitrogens is 3. The number of benzene rings is 2. The SMILES string of the molecule is c1ccc(C[n+]2cn(-c3ccccn3)c3ccccc32)cc1. The molecule has 0 unspecified atom stereocenters. The lowest BCUT2D eigenvalue weighted by Crippen LogP contribution is -2.32. The van der Waals surface area contributed by atoms with E-state index < -0.39 is 0 Å². The zero-order valence-corrected chi connectivity index (χ0v) is 12.1. The summed E-state index contributed by atoms with van der Waals surface area (Å²) in [5.41, 5.74) is 3.66. The molecule has 0 fully saturated rings. The Morgan fingerprint density at radius 1 is 0.818 bits per heavy atom. The highest BCUT2D eigenvalue weighted by molar-refractivity contribution is 5.73. The second-order valence-electron chi connectivity index (χ2n) is 5.28. The molecule has 2 aromatic heterocycles. The van der Waals surface area contributed by atoms with Gasteiger partial charge in [0, 0.05) is 12.3 Å². The van der Waals surface area contributed by atoms with Crippen molar-refractivity contribution in [3.8, 4) is 5.82 Å². The molecule has 0 aliphatic heterocycles. The summed E-state index contributed by atoms with van der Waals surface area (Å²) in [6.45, 7) is 0.848. The van der Waals surface area contributed by atoms with Crippen LogP contribution in [-0.2, 0) is 6.54 Å². The molecule has 0 saturated carbocycles. The lowest BCUT2D eigenvalue weighted by atomic mass is 10.2. The standard InChI is InChI=1S/C19H16N3/c1-2-8-16(9-3-1)14-21-15-22(19-12-6-7-13-20-19)18-11-5-4-10-17(18)21/h1-13,15H,14H2/q+1. The van der Waals surface area contributed by atoms with E-state index in [1.54, 1.807) is 0 Å². The van der Waals surface area contributed by atoms with E-state index in [9.17, 15) is 0 Å². The minimum absolute atomic E-state index is 0.848. The first-order chi connectivity index (χ1) is 10.9. The van der Waals surface area contributed by atoms with Gasteiger partial charge in [-0.3, -0.25) is 0 Å². The fourth-order valence-corrected chi connectivity index (χ4v) is 2.76. The number of pyridine rings is 1. The number of hydrogen-bond donors (Lipinski definition) is 0. The number of rotatable bonds is 3. The number of nitrogens with zero attached hydrogens (tertiary/aromatic N) is 3. The van der Waals surface area contributed by atoms with Gasteiger partial charge in [0.05, 0.1) is 0 Å². The Morgan fingerprint density at radius 3 is 2.41 bits per heavy atom. The van der Waals surface area contributed by atoms with Crippen LogP contribution < -0.4 is 4.57 Å². The van der Waals surface area contributed by atoms with Gasteiger partial charge >= 0.3 is 0 Å². The molecule has 22 heavy (non-hydrogen) atoms. The average molecular weight is 286 g/mol. The minimum Gasteiger partial charge on any atom is -0.225 e. The summed E-state index contributed by atoms with van der Waals surface area (Å²) in [6, 6.07) is 24.9. The zero-order chi connectivity index (χ0) is 14.8. The van der Waals surface area contributed by atoms with Crippen LogP contribution in [-0.4, -0.2) is 9.55 Å². The van der Waals surface area contributed by atoms with E-state index in [1.807, 2.05) is 30.5 Å². The molecule has 2 aromatic carbocycles. The summed E-state index contributed by atoms with van der Waals surface area (Å²) in [5.74, 6) is 0.936. The van der Waals surface area contributed by atoms with Crippen molar-refractivity contribution in [3.05, 3.63) is 90.9 Å². The maximum Gasteiger partial charge on any atom is 0.251 e. The monoisotopic (exact) mass is 286 g/mol. The zero-order valence-electron chi connectivity index (χ0n) is 12.1. The number of hydrogen-bond acceptors (Lipinski definition) is 1. The lowest BCUT2D eigenvalue weighted by molar-refractivity contribution is -0.662. The lowest BCUT2D eigenvalue weighted by Gasteiger charge is -1.97. The first-order valence-electron chi connectivity index (χ1n) is 7.37. The predicted octanol–water partition coefficient (Wildman–Crippen LogP) is 3.36. The second kappa shape index (κ2) is 5.45. The molecule has 106 valence electrons. The maximum absolute atomic E-state index is 4.47. The molecule has 0 radical (unpaired) electrons. The molecular weight excluding hydrogens is 270 g/mol. The molecule has 2 heterocycles. The van der Waals surface area contributed by atoms with Crippen LogP contribution in [0, 0.1) is 0 Å². The Kier molecular flexibility index (Phi) is 3.16. The normalized spacial score (nSPS) is 10.9. The quantitative estimate of drug-likeness (QED) is 0.529. The largest absolute Gasteiger partial charge is 0.251 e. The highest BCUT2D eigenvalue weighted by Crippen LogP contribution is 2.15. The van der Waals surface area contributed by atoms with Gasteiger partial charge in [-0.1, -0.05) is 48.5 Å². The summed E-state index contributed by atoms with van der Waals surface area (Å²) in [5, 5.41) is 0. The van der Waals surface area contributed by atoms with E-state index in [0.717, 1.165) is 17.9 Å². The Labute approximate surface area is 129 Å². The molecule has 0 aliphatic rings. The van der Waals surface area contributed by atoms with Crippen LogP contribution in [0.1, 0.15) is 5.56 Å².